The van der Waals surface area contributed by atoms with Crippen molar-refractivity contribution in [3.05, 3.63) is 88.2 Å². The molecule has 47 heavy (non-hydrogen) atoms. The lowest BCUT2D eigenvalue weighted by molar-refractivity contribution is -0.151. The predicted molar refractivity (Wildman–Crippen MR) is 192 cm³/mol. The summed E-state index contributed by atoms with van der Waals surface area (Å²) in [5, 5.41) is 23.5. The number of ether oxygens (including phenoxy) is 1. The number of benzene rings is 2. The number of aromatic hydroxyl groups is 1. The van der Waals surface area contributed by atoms with E-state index in [-0.39, 0.29) is 23.2 Å². The lowest BCUT2D eigenvalue weighted by Gasteiger charge is -2.28. The fourth-order valence-corrected chi connectivity index (χ4v) is 5.66. The van der Waals surface area contributed by atoms with Gasteiger partial charge in [0.15, 0.2) is 0 Å². The third-order valence-corrected chi connectivity index (χ3v) is 8.79. The maximum Gasteiger partial charge on any atom is 0.310 e. The fraction of sp³-hybridized carbons (Fsp3) is 0.475. The number of carboxylic acids is 1. The van der Waals surface area contributed by atoms with Crippen molar-refractivity contribution in [2.75, 3.05) is 11.9 Å². The summed E-state index contributed by atoms with van der Waals surface area (Å²) >= 11 is 0. The lowest BCUT2D eigenvalue weighted by atomic mass is 9.78. The van der Waals surface area contributed by atoms with Gasteiger partial charge in [-0.3, -0.25) is 14.6 Å². The van der Waals surface area contributed by atoms with Gasteiger partial charge < -0.3 is 20.3 Å². The highest BCUT2D eigenvalue weighted by molar-refractivity contribution is 5.94. The Hall–Kier alpha value is -3.97. The van der Waals surface area contributed by atoms with Crippen molar-refractivity contribution in [3.8, 4) is 5.75 Å². The van der Waals surface area contributed by atoms with E-state index in [1.165, 1.54) is 5.56 Å². The maximum atomic E-state index is 12.7. The molecule has 0 unspecified atom stereocenters. The largest absolute Gasteiger partial charge is 0.507 e. The van der Waals surface area contributed by atoms with E-state index in [9.17, 15) is 19.8 Å². The minimum Gasteiger partial charge on any atom is -0.507 e. The van der Waals surface area contributed by atoms with E-state index in [0.29, 0.717) is 37.5 Å². The van der Waals surface area contributed by atoms with Crippen LogP contribution in [-0.4, -0.2) is 33.7 Å². The quantitative estimate of drug-likeness (QED) is 0.143. The lowest BCUT2D eigenvalue weighted by Crippen LogP contribution is -2.34. The number of phenols is 1. The molecule has 3 aromatic rings. The van der Waals surface area contributed by atoms with E-state index in [1.54, 1.807) is 19.9 Å². The third-order valence-electron chi connectivity index (χ3n) is 8.79. The molecule has 0 saturated carbocycles. The molecule has 1 amide bonds. The van der Waals surface area contributed by atoms with Crippen molar-refractivity contribution in [3.63, 3.8) is 0 Å². The molecule has 0 aliphatic heterocycles. The minimum atomic E-state index is -1.05. The van der Waals surface area contributed by atoms with Crippen LogP contribution < -0.4 is 5.32 Å². The maximum absolute atomic E-state index is 12.7. The topological polar surface area (TPSA) is 109 Å². The first-order valence-corrected chi connectivity index (χ1v) is 16.8. The summed E-state index contributed by atoms with van der Waals surface area (Å²) in [7, 11) is 0. The summed E-state index contributed by atoms with van der Waals surface area (Å²) in [5.41, 5.74) is 5.08. The van der Waals surface area contributed by atoms with Gasteiger partial charge in [0.05, 0.1) is 23.4 Å². The number of unbranched alkanes of at least 4 members (excludes halogenated alkanes) is 1. The van der Waals surface area contributed by atoms with Gasteiger partial charge in [-0.1, -0.05) is 91.8 Å². The molecule has 1 heterocycles. The molecule has 3 N–H and O–H groups in total. The summed E-state index contributed by atoms with van der Waals surface area (Å²) < 4.78 is 5.97. The van der Waals surface area contributed by atoms with Crippen LogP contribution >= 0.6 is 0 Å². The highest BCUT2D eigenvalue weighted by Gasteiger charge is 2.37. The summed E-state index contributed by atoms with van der Waals surface area (Å²) in [5.74, 6) is -0.829. The van der Waals surface area contributed by atoms with Crippen LogP contribution in [0.3, 0.4) is 0 Å². The zero-order chi connectivity index (χ0) is 34.8. The Labute approximate surface area is 281 Å². The third kappa shape index (κ3) is 10.8. The molecule has 0 spiro atoms. The van der Waals surface area contributed by atoms with E-state index in [4.69, 9.17) is 9.72 Å². The molecule has 0 aliphatic rings. The summed E-state index contributed by atoms with van der Waals surface area (Å²) in [4.78, 5) is 29.2. The van der Waals surface area contributed by atoms with Gasteiger partial charge in [-0.2, -0.15) is 0 Å². The second-order valence-corrected chi connectivity index (χ2v) is 14.6. The first kappa shape index (κ1) is 37.5. The number of carbonyl (C=O) groups is 2. The number of phenolic OH excluding ortho intramolecular Hbond substituents is 1. The summed E-state index contributed by atoms with van der Waals surface area (Å²) in [6.07, 6.45) is 7.42. The van der Waals surface area contributed by atoms with Crippen LogP contribution in [0.25, 0.3) is 12.2 Å². The van der Waals surface area contributed by atoms with Crippen molar-refractivity contribution >= 4 is 29.7 Å². The summed E-state index contributed by atoms with van der Waals surface area (Å²) in [6, 6.07) is 17.6. The smallest absolute Gasteiger partial charge is 0.310 e. The first-order valence-electron chi connectivity index (χ1n) is 16.8. The Morgan fingerprint density at radius 2 is 1.51 bits per heavy atom. The van der Waals surface area contributed by atoms with Crippen LogP contribution in [-0.2, 0) is 38.2 Å². The highest BCUT2D eigenvalue weighted by atomic mass is 16.5. The molecule has 0 fully saturated rings. The Bertz CT molecular complexity index is 1510. The van der Waals surface area contributed by atoms with E-state index in [0.717, 1.165) is 47.3 Å². The monoisotopic (exact) mass is 642 g/mol. The van der Waals surface area contributed by atoms with Crippen LogP contribution in [0, 0.1) is 5.41 Å². The second-order valence-electron chi connectivity index (χ2n) is 14.6. The number of carbonyl (C=O) groups excluding carboxylic acids is 1. The normalized spacial score (nSPS) is 12.4. The molecule has 7 heteroatoms. The van der Waals surface area contributed by atoms with Gasteiger partial charge in [0.2, 0.25) is 5.91 Å². The first-order chi connectivity index (χ1) is 22.1. The van der Waals surface area contributed by atoms with Crippen LogP contribution in [0.1, 0.15) is 121 Å². The zero-order valence-electron chi connectivity index (χ0n) is 29.6. The number of nitrogens with zero attached hydrogens (tertiary/aromatic N) is 1. The number of carboxylic acid groups (broad SMARTS) is 1. The number of nitrogens with one attached hydrogen (secondary N) is 1. The Morgan fingerprint density at radius 1 is 0.872 bits per heavy atom. The van der Waals surface area contributed by atoms with Gasteiger partial charge in [0, 0.05) is 18.7 Å². The average molecular weight is 643 g/mol. The number of amides is 1. The predicted octanol–water partition coefficient (Wildman–Crippen LogP) is 9.31. The minimum absolute atomic E-state index is 0.0663. The van der Waals surface area contributed by atoms with E-state index in [2.05, 4.69) is 59.0 Å². The molecule has 3 rings (SSSR count). The Kier molecular flexibility index (Phi) is 12.9. The SMILES string of the molecule is CCC(CC)(CC(=O)Nc1cccc(/C=C/c2cccc(COCCCCc3cc(C(C)(C)C)c(O)c(C(C)(C)C)c3)n2)c1)C(=O)O. The van der Waals surface area contributed by atoms with E-state index >= 15 is 0 Å². The molecular weight excluding hydrogens is 588 g/mol. The molecule has 2 aromatic carbocycles. The number of aromatic nitrogens is 1. The van der Waals surface area contributed by atoms with Crippen LogP contribution in [0.5, 0.6) is 5.75 Å². The number of anilines is 1. The van der Waals surface area contributed by atoms with Gasteiger partial charge in [0.1, 0.15) is 5.75 Å². The van der Waals surface area contributed by atoms with Gasteiger partial charge in [-0.25, -0.2) is 0 Å². The molecule has 0 radical (unpaired) electrons. The van der Waals surface area contributed by atoms with Crippen molar-refractivity contribution < 1.29 is 24.5 Å². The van der Waals surface area contributed by atoms with Crippen LogP contribution in [0.15, 0.2) is 54.6 Å². The second kappa shape index (κ2) is 16.2. The van der Waals surface area contributed by atoms with Crippen LogP contribution in [0.4, 0.5) is 5.69 Å². The van der Waals surface area contributed by atoms with Gasteiger partial charge in [0.25, 0.3) is 0 Å². The van der Waals surface area contributed by atoms with E-state index in [1.807, 2.05) is 48.6 Å². The number of rotatable bonds is 15. The number of aryl methyl sites for hydroxylation is 1. The molecule has 254 valence electrons. The molecule has 0 bridgehead atoms. The molecule has 1 aromatic heterocycles. The molecule has 0 atom stereocenters. The van der Waals surface area contributed by atoms with Crippen LogP contribution in [0.2, 0.25) is 0 Å². The highest BCUT2D eigenvalue weighted by Crippen LogP contribution is 2.40. The number of pyridine rings is 1. The number of hydrogen-bond acceptors (Lipinski definition) is 5. The van der Waals surface area contributed by atoms with Crippen molar-refractivity contribution in [1.82, 2.24) is 4.98 Å². The van der Waals surface area contributed by atoms with Crippen molar-refractivity contribution in [2.45, 2.75) is 111 Å². The number of hydrogen-bond donors (Lipinski definition) is 3. The summed E-state index contributed by atoms with van der Waals surface area (Å²) in [6.45, 7) is 17.5. The molecule has 0 saturated heterocycles. The standard InChI is InChI=1S/C40H54N2O5/c1-9-40(10-2,37(45)46)26-35(43)42-31-18-13-16-28(23-31)20-21-30-17-14-19-32(41-30)27-47-22-12-11-15-29-24-33(38(3,4)5)36(44)34(25-29)39(6,7)8/h13-14,16-21,23-25,44H,9-12,15,22,26-27H2,1-8H3,(H,42,43)(H,45,46)/b21-20+. The Balaban J connectivity index is 1.52. The van der Waals surface area contributed by atoms with E-state index < -0.39 is 11.4 Å². The van der Waals surface area contributed by atoms with Crippen molar-refractivity contribution in [1.29, 1.82) is 0 Å². The van der Waals surface area contributed by atoms with Gasteiger partial charge >= 0.3 is 5.97 Å². The average Bonchev–Trinajstić information content (AvgIpc) is 3.00. The van der Waals surface area contributed by atoms with Gasteiger partial charge in [-0.05, 0) is 95.5 Å². The Morgan fingerprint density at radius 3 is 2.11 bits per heavy atom. The zero-order valence-corrected chi connectivity index (χ0v) is 29.6. The molecule has 7 nitrogen and oxygen atoms in total. The number of aliphatic carboxylic acids is 1. The fourth-order valence-electron chi connectivity index (χ4n) is 5.66. The van der Waals surface area contributed by atoms with Gasteiger partial charge in [-0.15, -0.1) is 0 Å². The molecule has 0 aliphatic carbocycles. The molecular formula is C40H54N2O5. The van der Waals surface area contributed by atoms with Crippen molar-refractivity contribution in [2.24, 2.45) is 5.41 Å².